The van der Waals surface area contributed by atoms with Gasteiger partial charge >= 0.3 is 0 Å². The van der Waals surface area contributed by atoms with E-state index in [1.165, 1.54) is 12.8 Å². The van der Waals surface area contributed by atoms with Crippen molar-refractivity contribution in [1.29, 1.82) is 0 Å². The molecule has 1 heterocycles. The number of hydrogen-bond donors (Lipinski definition) is 0. The van der Waals surface area contributed by atoms with Crippen molar-refractivity contribution >= 4 is 5.78 Å². The Kier molecular flexibility index (Phi) is 1.95. The molecule has 0 aromatic heterocycles. The van der Waals surface area contributed by atoms with Crippen molar-refractivity contribution in [3.63, 3.8) is 0 Å². The van der Waals surface area contributed by atoms with Crippen LogP contribution in [0.2, 0.25) is 0 Å². The first kappa shape index (κ1) is 7.29. The van der Waals surface area contributed by atoms with Crippen LogP contribution in [0.5, 0.6) is 0 Å². The second kappa shape index (κ2) is 2.94. The summed E-state index contributed by atoms with van der Waals surface area (Å²) in [5.74, 6) is 1.09. The predicted octanol–water partition coefficient (Wildman–Crippen LogP) is 1.53. The van der Waals surface area contributed by atoms with Gasteiger partial charge in [-0.3, -0.25) is 4.79 Å². The molecule has 2 fully saturated rings. The summed E-state index contributed by atoms with van der Waals surface area (Å²) in [4.78, 5) is 11.0. The van der Waals surface area contributed by atoms with Gasteiger partial charge < -0.3 is 4.74 Å². The Bertz CT molecular complexity index is 165. The van der Waals surface area contributed by atoms with E-state index in [1.807, 2.05) is 0 Å². The Labute approximate surface area is 66.9 Å². The number of ether oxygens (including phenoxy) is 1. The molecule has 0 aromatic rings. The Hall–Kier alpha value is -0.370. The van der Waals surface area contributed by atoms with Gasteiger partial charge in [0.05, 0.1) is 6.10 Å². The van der Waals surface area contributed by atoms with Gasteiger partial charge in [-0.05, 0) is 25.2 Å². The summed E-state index contributed by atoms with van der Waals surface area (Å²) in [7, 11) is 0. The van der Waals surface area contributed by atoms with E-state index in [2.05, 4.69) is 0 Å². The summed E-state index contributed by atoms with van der Waals surface area (Å²) in [6, 6.07) is 0. The summed E-state index contributed by atoms with van der Waals surface area (Å²) in [6.07, 6.45) is 5.30. The van der Waals surface area contributed by atoms with Gasteiger partial charge in [-0.15, -0.1) is 0 Å². The first-order valence-electron chi connectivity index (χ1n) is 4.49. The molecular formula is C9H14O2. The lowest BCUT2D eigenvalue weighted by Crippen LogP contribution is -2.35. The molecule has 1 aliphatic heterocycles. The van der Waals surface area contributed by atoms with E-state index in [-0.39, 0.29) is 6.10 Å². The summed E-state index contributed by atoms with van der Waals surface area (Å²) >= 11 is 0. The van der Waals surface area contributed by atoms with E-state index < -0.39 is 0 Å². The fraction of sp³-hybridized carbons (Fsp3) is 0.889. The Morgan fingerprint density at radius 2 is 2.27 bits per heavy atom. The van der Waals surface area contributed by atoms with E-state index in [0.717, 1.165) is 19.4 Å². The zero-order valence-electron chi connectivity index (χ0n) is 6.71. The normalized spacial score (nSPS) is 38.4. The summed E-state index contributed by atoms with van der Waals surface area (Å²) < 4.78 is 5.53. The highest BCUT2D eigenvalue weighted by Crippen LogP contribution is 2.31. The maximum atomic E-state index is 11.0. The summed E-state index contributed by atoms with van der Waals surface area (Å²) in [6.45, 7) is 0.869. The maximum Gasteiger partial charge on any atom is 0.135 e. The first-order chi connectivity index (χ1) is 5.36. The van der Waals surface area contributed by atoms with Crippen molar-refractivity contribution in [3.05, 3.63) is 0 Å². The zero-order chi connectivity index (χ0) is 7.68. The minimum atomic E-state index is 0.282. The predicted molar refractivity (Wildman–Crippen MR) is 41.3 cm³/mol. The molecule has 62 valence electrons. The van der Waals surface area contributed by atoms with Crippen LogP contribution in [0.15, 0.2) is 0 Å². The van der Waals surface area contributed by atoms with Crippen molar-refractivity contribution in [1.82, 2.24) is 0 Å². The molecule has 1 saturated carbocycles. The van der Waals surface area contributed by atoms with Crippen LogP contribution >= 0.6 is 0 Å². The third kappa shape index (κ3) is 1.45. The molecule has 2 unspecified atom stereocenters. The third-order valence-corrected chi connectivity index (χ3v) is 2.80. The molecule has 0 radical (unpaired) electrons. The highest BCUT2D eigenvalue weighted by atomic mass is 16.5. The monoisotopic (exact) mass is 154 g/mol. The molecule has 0 bridgehead atoms. The van der Waals surface area contributed by atoms with Gasteiger partial charge in [0.25, 0.3) is 0 Å². The van der Waals surface area contributed by atoms with Gasteiger partial charge in [-0.25, -0.2) is 0 Å². The number of hydrogen-bond acceptors (Lipinski definition) is 2. The molecule has 1 aliphatic carbocycles. The van der Waals surface area contributed by atoms with Crippen LogP contribution < -0.4 is 0 Å². The standard InChI is InChI=1S/C9H14O2/c10-8-4-3-7-2-1-5-11-9(7)6-8/h7,9H,1-6H2. The largest absolute Gasteiger partial charge is 0.377 e. The fourth-order valence-corrected chi connectivity index (χ4v) is 2.13. The summed E-state index contributed by atoms with van der Waals surface area (Å²) in [5.41, 5.74) is 0. The van der Waals surface area contributed by atoms with Gasteiger partial charge in [-0.1, -0.05) is 0 Å². The van der Waals surface area contributed by atoms with Crippen LogP contribution in [-0.4, -0.2) is 18.5 Å². The molecule has 2 heteroatoms. The van der Waals surface area contributed by atoms with E-state index in [4.69, 9.17) is 4.74 Å². The number of ketones is 1. The van der Waals surface area contributed by atoms with Gasteiger partial charge in [0.1, 0.15) is 5.78 Å². The van der Waals surface area contributed by atoms with Gasteiger partial charge in [0.2, 0.25) is 0 Å². The summed E-state index contributed by atoms with van der Waals surface area (Å²) in [5, 5.41) is 0. The zero-order valence-corrected chi connectivity index (χ0v) is 6.71. The smallest absolute Gasteiger partial charge is 0.135 e. The average molecular weight is 154 g/mol. The lowest BCUT2D eigenvalue weighted by Gasteiger charge is -2.34. The lowest BCUT2D eigenvalue weighted by molar-refractivity contribution is -0.130. The van der Waals surface area contributed by atoms with Crippen molar-refractivity contribution in [2.45, 2.75) is 38.2 Å². The molecule has 0 spiro atoms. The van der Waals surface area contributed by atoms with Crippen molar-refractivity contribution in [2.24, 2.45) is 5.92 Å². The molecule has 2 atom stereocenters. The third-order valence-electron chi connectivity index (χ3n) is 2.80. The number of carbonyl (C=O) groups excluding carboxylic acids is 1. The SMILES string of the molecule is O=C1CCC2CCCOC2C1. The quantitative estimate of drug-likeness (QED) is 0.529. The number of Topliss-reactive ketones (excluding diaryl/α,β-unsaturated/α-hetero) is 1. The lowest BCUT2D eigenvalue weighted by atomic mass is 9.81. The first-order valence-corrected chi connectivity index (χ1v) is 4.49. The molecule has 0 amide bonds. The molecule has 0 N–H and O–H groups in total. The molecular weight excluding hydrogens is 140 g/mol. The highest BCUT2D eigenvalue weighted by molar-refractivity contribution is 5.79. The van der Waals surface area contributed by atoms with Crippen LogP contribution in [0.1, 0.15) is 32.1 Å². The van der Waals surface area contributed by atoms with Crippen molar-refractivity contribution < 1.29 is 9.53 Å². The fourth-order valence-electron chi connectivity index (χ4n) is 2.13. The topological polar surface area (TPSA) is 26.3 Å². The molecule has 1 saturated heterocycles. The Balaban J connectivity index is 1.98. The van der Waals surface area contributed by atoms with Crippen LogP contribution in [0.3, 0.4) is 0 Å². The highest BCUT2D eigenvalue weighted by Gasteiger charge is 2.31. The number of rotatable bonds is 0. The second-order valence-electron chi connectivity index (χ2n) is 3.59. The van der Waals surface area contributed by atoms with Gasteiger partial charge in [0.15, 0.2) is 0 Å². The number of carbonyl (C=O) groups is 1. The van der Waals surface area contributed by atoms with E-state index in [9.17, 15) is 4.79 Å². The van der Waals surface area contributed by atoms with E-state index >= 15 is 0 Å². The van der Waals surface area contributed by atoms with Crippen molar-refractivity contribution in [2.75, 3.05) is 6.61 Å². The minimum absolute atomic E-state index is 0.282. The average Bonchev–Trinajstić information content (AvgIpc) is 2.04. The van der Waals surface area contributed by atoms with Crippen LogP contribution in [-0.2, 0) is 9.53 Å². The molecule has 0 aromatic carbocycles. The van der Waals surface area contributed by atoms with Crippen LogP contribution in [0.25, 0.3) is 0 Å². The van der Waals surface area contributed by atoms with Crippen LogP contribution in [0, 0.1) is 5.92 Å². The van der Waals surface area contributed by atoms with Crippen molar-refractivity contribution in [3.8, 4) is 0 Å². The molecule has 2 nitrogen and oxygen atoms in total. The molecule has 2 aliphatic rings. The Morgan fingerprint density at radius 1 is 1.36 bits per heavy atom. The maximum absolute atomic E-state index is 11.0. The molecule has 11 heavy (non-hydrogen) atoms. The van der Waals surface area contributed by atoms with Gasteiger partial charge in [0, 0.05) is 19.4 Å². The van der Waals surface area contributed by atoms with Crippen LogP contribution in [0.4, 0.5) is 0 Å². The van der Waals surface area contributed by atoms with E-state index in [0.29, 0.717) is 18.1 Å². The molecule has 2 rings (SSSR count). The number of fused-ring (bicyclic) bond motifs is 1. The van der Waals surface area contributed by atoms with Gasteiger partial charge in [-0.2, -0.15) is 0 Å². The minimum Gasteiger partial charge on any atom is -0.377 e. The second-order valence-corrected chi connectivity index (χ2v) is 3.59. The Morgan fingerprint density at radius 3 is 3.18 bits per heavy atom. The van der Waals surface area contributed by atoms with E-state index in [1.54, 1.807) is 0 Å².